The molecule has 0 spiro atoms. The third-order valence-corrected chi connectivity index (χ3v) is 11.8. The molecule has 190 valence electrons. The van der Waals surface area contributed by atoms with Crippen molar-refractivity contribution in [3.63, 3.8) is 0 Å². The van der Waals surface area contributed by atoms with E-state index in [1.165, 1.54) is 25.2 Å². The Bertz CT molecular complexity index is 1240. The summed E-state index contributed by atoms with van der Waals surface area (Å²) in [7, 11) is -3.78. The van der Waals surface area contributed by atoms with Gasteiger partial charge < -0.3 is 21.1 Å². The van der Waals surface area contributed by atoms with Crippen LogP contribution < -0.4 is 11.1 Å². The number of aliphatic hydroxyl groups is 1. The van der Waals surface area contributed by atoms with E-state index in [1.807, 2.05) is 12.1 Å². The topological polar surface area (TPSA) is 130 Å². The molecule has 2 aliphatic rings. The first kappa shape index (κ1) is 26.1. The maximum Gasteiger partial charge on any atom is 0.264 e. The van der Waals surface area contributed by atoms with E-state index in [2.05, 4.69) is 5.32 Å². The average molecular weight is 540 g/mol. The fourth-order valence-corrected chi connectivity index (χ4v) is 8.27. The zero-order valence-electron chi connectivity index (χ0n) is 19.7. The van der Waals surface area contributed by atoms with Crippen molar-refractivity contribution < 1.29 is 23.1 Å². The first-order valence-corrected chi connectivity index (χ1v) is 14.2. The van der Waals surface area contributed by atoms with Gasteiger partial charge in [0.1, 0.15) is 0 Å². The molecule has 1 aromatic heterocycles. The van der Waals surface area contributed by atoms with Gasteiger partial charge in [0.05, 0.1) is 26.0 Å². The van der Waals surface area contributed by atoms with Crippen LogP contribution in [-0.4, -0.2) is 65.5 Å². The van der Waals surface area contributed by atoms with Gasteiger partial charge in [-0.3, -0.25) is 9.59 Å². The van der Waals surface area contributed by atoms with Crippen molar-refractivity contribution in [3.8, 4) is 0 Å². The molecule has 4 N–H and O–H groups in total. The number of nitrogens with two attached hydrogens (primary N) is 1. The lowest BCUT2D eigenvalue weighted by atomic mass is 10.0. The summed E-state index contributed by atoms with van der Waals surface area (Å²) in [4.78, 5) is 28.1. The number of hydrogen-bond acceptors (Lipinski definition) is 7. The molecule has 2 amide bonds. The van der Waals surface area contributed by atoms with Crippen LogP contribution in [-0.2, 0) is 22.8 Å². The normalized spacial score (nSPS) is 18.2. The van der Waals surface area contributed by atoms with Gasteiger partial charge in [-0.1, -0.05) is 23.7 Å². The minimum absolute atomic E-state index is 0.0737. The second-order valence-electron chi connectivity index (χ2n) is 9.78. The predicted octanol–water partition coefficient (Wildman–Crippen LogP) is 2.38. The molecule has 1 atom stereocenters. The highest BCUT2D eigenvalue weighted by Crippen LogP contribution is 2.50. The van der Waals surface area contributed by atoms with Crippen molar-refractivity contribution in [1.82, 2.24) is 10.2 Å². The lowest BCUT2D eigenvalue weighted by Gasteiger charge is -2.37. The van der Waals surface area contributed by atoms with E-state index < -0.39 is 25.4 Å². The van der Waals surface area contributed by atoms with Crippen molar-refractivity contribution in [2.24, 2.45) is 5.73 Å². The van der Waals surface area contributed by atoms with E-state index in [1.54, 1.807) is 22.4 Å². The second-order valence-corrected chi connectivity index (χ2v) is 14.0. The third kappa shape index (κ3) is 4.62. The van der Waals surface area contributed by atoms with Gasteiger partial charge in [-0.05, 0) is 56.4 Å². The molecule has 1 aromatic carbocycles. The lowest BCUT2D eigenvalue weighted by Crippen LogP contribution is -2.55. The van der Waals surface area contributed by atoms with Crippen molar-refractivity contribution >= 4 is 44.6 Å². The summed E-state index contributed by atoms with van der Waals surface area (Å²) in [6.45, 7) is 3.56. The zero-order chi connectivity index (χ0) is 25.6. The Labute approximate surface area is 214 Å². The van der Waals surface area contributed by atoms with Gasteiger partial charge in [-0.25, -0.2) is 8.42 Å². The van der Waals surface area contributed by atoms with Crippen LogP contribution in [0.3, 0.4) is 0 Å². The summed E-state index contributed by atoms with van der Waals surface area (Å²) in [5, 5.41) is 15.4. The number of halogens is 1. The van der Waals surface area contributed by atoms with Crippen LogP contribution in [0.1, 0.15) is 57.8 Å². The molecular weight excluding hydrogens is 510 g/mol. The SMILES string of the molecule is CC(C)([C@@H](O)CN)S(=O)(=O)C1(CN2CCc3c(C(=O)NCc4ccc(Cl)cc4)csc3C2=O)CC1. The van der Waals surface area contributed by atoms with Gasteiger partial charge in [0.25, 0.3) is 11.8 Å². The molecule has 11 heteroatoms. The van der Waals surface area contributed by atoms with Crippen LogP contribution in [0.2, 0.25) is 5.02 Å². The quantitative estimate of drug-likeness (QED) is 0.448. The maximum absolute atomic E-state index is 13.5. The fraction of sp³-hybridized carbons (Fsp3) is 0.500. The Kier molecular flexibility index (Phi) is 7.07. The Morgan fingerprint density at radius 2 is 1.97 bits per heavy atom. The van der Waals surface area contributed by atoms with E-state index in [-0.39, 0.29) is 24.9 Å². The molecule has 2 aromatic rings. The van der Waals surface area contributed by atoms with E-state index in [9.17, 15) is 23.1 Å². The number of amides is 2. The van der Waals surface area contributed by atoms with Crippen LogP contribution in [0.4, 0.5) is 0 Å². The van der Waals surface area contributed by atoms with E-state index in [0.29, 0.717) is 53.4 Å². The van der Waals surface area contributed by atoms with E-state index in [0.717, 1.165) is 5.56 Å². The molecule has 35 heavy (non-hydrogen) atoms. The van der Waals surface area contributed by atoms with Crippen LogP contribution >= 0.6 is 22.9 Å². The summed E-state index contributed by atoms with van der Waals surface area (Å²) in [6, 6.07) is 7.19. The van der Waals surface area contributed by atoms with Crippen LogP contribution in [0.15, 0.2) is 29.6 Å². The minimum Gasteiger partial charge on any atom is -0.390 e. The summed E-state index contributed by atoms with van der Waals surface area (Å²) in [6.07, 6.45) is 0.157. The Morgan fingerprint density at radius 3 is 2.57 bits per heavy atom. The van der Waals surface area contributed by atoms with Crippen molar-refractivity contribution in [2.45, 2.75) is 55.3 Å². The molecule has 0 saturated heterocycles. The average Bonchev–Trinajstić information content (AvgIpc) is 3.50. The van der Waals surface area contributed by atoms with Crippen molar-refractivity contribution in [2.75, 3.05) is 19.6 Å². The lowest BCUT2D eigenvalue weighted by molar-refractivity contribution is 0.0740. The number of nitrogens with one attached hydrogen (secondary N) is 1. The molecule has 2 heterocycles. The van der Waals surface area contributed by atoms with Gasteiger partial charge in [0, 0.05) is 36.6 Å². The van der Waals surface area contributed by atoms with Gasteiger partial charge in [0.2, 0.25) is 0 Å². The van der Waals surface area contributed by atoms with E-state index in [4.69, 9.17) is 17.3 Å². The monoisotopic (exact) mass is 539 g/mol. The predicted molar refractivity (Wildman–Crippen MR) is 137 cm³/mol. The molecule has 0 radical (unpaired) electrons. The largest absolute Gasteiger partial charge is 0.390 e. The second kappa shape index (κ2) is 9.48. The number of rotatable bonds is 9. The highest BCUT2D eigenvalue weighted by atomic mass is 35.5. The van der Waals surface area contributed by atoms with Crippen LogP contribution in [0.5, 0.6) is 0 Å². The molecule has 0 unspecified atom stereocenters. The zero-order valence-corrected chi connectivity index (χ0v) is 22.1. The summed E-state index contributed by atoms with van der Waals surface area (Å²) >= 11 is 7.11. The summed E-state index contributed by atoms with van der Waals surface area (Å²) in [5.41, 5.74) is 7.64. The third-order valence-electron chi connectivity index (χ3n) is 7.19. The highest BCUT2D eigenvalue weighted by Gasteiger charge is 2.62. The smallest absolute Gasteiger partial charge is 0.264 e. The molecule has 1 aliphatic carbocycles. The number of benzene rings is 1. The highest BCUT2D eigenvalue weighted by molar-refractivity contribution is 7.94. The Morgan fingerprint density at radius 1 is 1.31 bits per heavy atom. The number of fused-ring (bicyclic) bond motifs is 1. The first-order valence-electron chi connectivity index (χ1n) is 11.5. The van der Waals surface area contributed by atoms with Gasteiger partial charge >= 0.3 is 0 Å². The molecular formula is C24H30ClN3O5S2. The number of sulfone groups is 1. The van der Waals surface area contributed by atoms with Crippen molar-refractivity contribution in [3.05, 3.63) is 56.2 Å². The van der Waals surface area contributed by atoms with E-state index >= 15 is 0 Å². The van der Waals surface area contributed by atoms with Crippen LogP contribution in [0.25, 0.3) is 0 Å². The molecule has 0 bridgehead atoms. The number of hydrogen-bond donors (Lipinski definition) is 3. The number of carbonyl (C=O) groups is 2. The van der Waals surface area contributed by atoms with Gasteiger partial charge in [0.15, 0.2) is 9.84 Å². The van der Waals surface area contributed by atoms with Gasteiger partial charge in [-0.2, -0.15) is 0 Å². The molecule has 4 rings (SSSR count). The molecule has 8 nitrogen and oxygen atoms in total. The summed E-state index contributed by atoms with van der Waals surface area (Å²) in [5.74, 6) is -0.510. The number of thiophene rings is 1. The number of carbonyl (C=O) groups excluding carboxylic acids is 2. The molecule has 1 saturated carbocycles. The first-order chi connectivity index (χ1) is 16.4. The number of nitrogens with zero attached hydrogens (tertiary/aromatic N) is 1. The van der Waals surface area contributed by atoms with Gasteiger partial charge in [-0.15, -0.1) is 11.3 Å². The van der Waals surface area contributed by atoms with Crippen LogP contribution in [0, 0.1) is 0 Å². The Hall–Kier alpha value is -1.98. The number of aliphatic hydroxyl groups excluding tert-OH is 1. The standard InChI is InChI=1S/C24H30ClN3O5S2/c1-23(2,19(29)11-26)35(32,33)24(8-9-24)14-28-10-7-17-18(13-34-20(17)22(28)31)21(30)27-12-15-3-5-16(25)6-4-15/h3-6,13,19,29H,7-12,14,26H2,1-2H3,(H,27,30)/t19-/m0/s1. The molecule has 1 aliphatic heterocycles. The molecule has 1 fully saturated rings. The van der Waals surface area contributed by atoms with Crippen molar-refractivity contribution in [1.29, 1.82) is 0 Å². The summed E-state index contributed by atoms with van der Waals surface area (Å²) < 4.78 is 24.4. The Balaban J connectivity index is 1.47. The minimum atomic E-state index is -3.78. The fourth-order valence-electron chi connectivity index (χ4n) is 4.54. The maximum atomic E-state index is 13.5.